The molecule has 1 fully saturated rings. The van der Waals surface area contributed by atoms with Gasteiger partial charge >= 0.3 is 0 Å². The van der Waals surface area contributed by atoms with Crippen LogP contribution in [0.25, 0.3) is 10.9 Å². The molecular formula is C30H37Cl2N5O4. The second-order valence-corrected chi connectivity index (χ2v) is 11.3. The summed E-state index contributed by atoms with van der Waals surface area (Å²) in [5.41, 5.74) is 6.37. The lowest BCUT2D eigenvalue weighted by Gasteiger charge is -2.36. The van der Waals surface area contributed by atoms with Gasteiger partial charge in [0.15, 0.2) is 0 Å². The van der Waals surface area contributed by atoms with Crippen molar-refractivity contribution in [2.75, 3.05) is 50.8 Å². The van der Waals surface area contributed by atoms with Gasteiger partial charge in [0.1, 0.15) is 11.8 Å². The van der Waals surface area contributed by atoms with Gasteiger partial charge < -0.3 is 20.7 Å². The number of hydrogen-bond donors (Lipinski definition) is 2. The quantitative estimate of drug-likeness (QED) is 0.319. The molecule has 41 heavy (non-hydrogen) atoms. The molecule has 3 aromatic rings. The van der Waals surface area contributed by atoms with E-state index in [0.29, 0.717) is 27.9 Å². The zero-order valence-electron chi connectivity index (χ0n) is 23.4. The number of carbonyl (C=O) groups is 2. The van der Waals surface area contributed by atoms with Crippen LogP contribution in [0.1, 0.15) is 31.5 Å². The van der Waals surface area contributed by atoms with Gasteiger partial charge in [-0.15, -0.1) is 0 Å². The summed E-state index contributed by atoms with van der Waals surface area (Å²) in [5.74, 6) is -0.630. The van der Waals surface area contributed by atoms with Gasteiger partial charge in [0, 0.05) is 38.3 Å². The number of anilines is 1. The molecular weight excluding hydrogens is 565 g/mol. The van der Waals surface area contributed by atoms with E-state index in [1.165, 1.54) is 6.07 Å². The van der Waals surface area contributed by atoms with Crippen molar-refractivity contribution < 1.29 is 14.3 Å². The molecule has 0 bridgehead atoms. The highest BCUT2D eigenvalue weighted by Crippen LogP contribution is 2.33. The Labute approximate surface area is 250 Å². The maximum Gasteiger partial charge on any atom is 0.257 e. The van der Waals surface area contributed by atoms with E-state index < -0.39 is 23.4 Å². The number of halogens is 2. The van der Waals surface area contributed by atoms with Crippen LogP contribution in [0.3, 0.4) is 0 Å². The molecule has 1 aromatic heterocycles. The van der Waals surface area contributed by atoms with Crippen molar-refractivity contribution >= 4 is 51.6 Å². The molecule has 1 atom stereocenters. The van der Waals surface area contributed by atoms with Crippen molar-refractivity contribution in [3.63, 3.8) is 0 Å². The third-order valence-electron chi connectivity index (χ3n) is 7.31. The molecule has 4 rings (SSSR count). The molecule has 1 saturated heterocycles. The Balaban J connectivity index is 1.32. The first-order valence-corrected chi connectivity index (χ1v) is 14.7. The molecule has 1 aliphatic heterocycles. The number of hydrogen-bond acceptors (Lipinski definition) is 7. The van der Waals surface area contributed by atoms with Crippen LogP contribution in [0.15, 0.2) is 53.3 Å². The number of amides is 1. The fraction of sp³-hybridized carbons (Fsp3) is 0.433. The molecule has 0 saturated carbocycles. The smallest absolute Gasteiger partial charge is 0.257 e. The maximum atomic E-state index is 13.4. The second kappa shape index (κ2) is 14.2. The Morgan fingerprint density at radius 1 is 1.02 bits per heavy atom. The van der Waals surface area contributed by atoms with E-state index in [0.717, 1.165) is 61.2 Å². The lowest BCUT2D eigenvalue weighted by molar-refractivity contribution is -0.120. The molecule has 11 heteroatoms. The summed E-state index contributed by atoms with van der Waals surface area (Å²) < 4.78 is 7.11. The summed E-state index contributed by atoms with van der Waals surface area (Å²) >= 11 is 12.6. The van der Waals surface area contributed by atoms with Crippen LogP contribution in [0.2, 0.25) is 10.0 Å². The molecule has 3 N–H and O–H groups in total. The van der Waals surface area contributed by atoms with E-state index >= 15 is 0 Å². The first-order chi connectivity index (χ1) is 19.7. The number of nitrogens with one attached hydrogen (secondary N) is 1. The molecule has 9 nitrogen and oxygen atoms in total. The first-order valence-electron chi connectivity index (χ1n) is 13.9. The van der Waals surface area contributed by atoms with Gasteiger partial charge in [-0.25, -0.2) is 4.57 Å². The number of benzene rings is 2. The molecule has 1 aliphatic rings. The summed E-state index contributed by atoms with van der Waals surface area (Å²) in [6.07, 6.45) is 1.84. The van der Waals surface area contributed by atoms with Crippen LogP contribution in [0.5, 0.6) is 5.75 Å². The van der Waals surface area contributed by atoms with Crippen molar-refractivity contribution in [2.24, 2.45) is 11.7 Å². The Morgan fingerprint density at radius 2 is 1.76 bits per heavy atom. The van der Waals surface area contributed by atoms with E-state index in [4.69, 9.17) is 33.7 Å². The minimum absolute atomic E-state index is 0.239. The fourth-order valence-corrected chi connectivity index (χ4v) is 5.41. The summed E-state index contributed by atoms with van der Waals surface area (Å²) in [4.78, 5) is 42.8. The third-order valence-corrected chi connectivity index (χ3v) is 8.11. The highest BCUT2D eigenvalue weighted by Gasteiger charge is 2.27. The summed E-state index contributed by atoms with van der Waals surface area (Å²) in [6, 6.07) is 13.2. The van der Waals surface area contributed by atoms with E-state index in [1.807, 2.05) is 24.3 Å². The van der Waals surface area contributed by atoms with Crippen molar-refractivity contribution in [3.8, 4) is 5.75 Å². The summed E-state index contributed by atoms with van der Waals surface area (Å²) in [7, 11) is 0. The Hall–Kier alpha value is -3.11. The zero-order valence-corrected chi connectivity index (χ0v) is 25.0. The monoisotopic (exact) mass is 601 g/mol. The SMILES string of the molecule is CC(C)C(NC(=O)CN)C(=O)n1c(=O)ccc2ccc(OCCCCN3CCN(c4cccc(Cl)c4Cl)CC3)cc21. The number of piperazine rings is 1. The number of carbonyl (C=O) groups excluding carboxylic acids is 2. The fourth-order valence-electron chi connectivity index (χ4n) is 4.99. The predicted octanol–water partition coefficient (Wildman–Crippen LogP) is 4.03. The summed E-state index contributed by atoms with van der Waals surface area (Å²) in [6.45, 7) is 8.52. The Bertz CT molecular complexity index is 1440. The lowest BCUT2D eigenvalue weighted by Crippen LogP contribution is -2.50. The molecule has 1 unspecified atom stereocenters. The maximum absolute atomic E-state index is 13.4. The number of nitrogens with zero attached hydrogens (tertiary/aromatic N) is 3. The molecule has 0 spiro atoms. The molecule has 0 aliphatic carbocycles. The number of fused-ring (bicyclic) bond motifs is 1. The highest BCUT2D eigenvalue weighted by molar-refractivity contribution is 6.43. The van der Waals surface area contributed by atoms with Gasteiger partial charge in [-0.05, 0) is 61.0 Å². The van der Waals surface area contributed by atoms with Crippen LogP contribution in [0.4, 0.5) is 5.69 Å². The van der Waals surface area contributed by atoms with Gasteiger partial charge in [-0.1, -0.05) is 43.1 Å². The normalized spacial score (nSPS) is 14.8. The molecule has 0 radical (unpaired) electrons. The average Bonchev–Trinajstić information content (AvgIpc) is 2.96. The van der Waals surface area contributed by atoms with Crippen molar-refractivity contribution in [1.29, 1.82) is 0 Å². The van der Waals surface area contributed by atoms with Crippen molar-refractivity contribution in [3.05, 3.63) is 68.9 Å². The van der Waals surface area contributed by atoms with Gasteiger partial charge in [-0.2, -0.15) is 0 Å². The first kappa shape index (κ1) is 30.8. The predicted molar refractivity (Wildman–Crippen MR) is 165 cm³/mol. The Morgan fingerprint density at radius 3 is 2.46 bits per heavy atom. The largest absolute Gasteiger partial charge is 0.494 e. The average molecular weight is 603 g/mol. The highest BCUT2D eigenvalue weighted by atomic mass is 35.5. The van der Waals surface area contributed by atoms with E-state index in [2.05, 4.69) is 15.1 Å². The molecule has 220 valence electrons. The zero-order chi connectivity index (χ0) is 29.5. The van der Waals surface area contributed by atoms with Crippen molar-refractivity contribution in [2.45, 2.75) is 32.7 Å². The topological polar surface area (TPSA) is 110 Å². The number of nitrogens with two attached hydrogens (primary N) is 1. The summed E-state index contributed by atoms with van der Waals surface area (Å²) in [5, 5.41) is 4.54. The number of ether oxygens (including phenoxy) is 1. The molecule has 2 aromatic carbocycles. The number of unbranched alkanes of at least 4 members (excludes halogenated alkanes) is 1. The van der Waals surface area contributed by atoms with Crippen LogP contribution in [-0.2, 0) is 4.79 Å². The van der Waals surface area contributed by atoms with E-state index in [-0.39, 0.29) is 12.5 Å². The van der Waals surface area contributed by atoms with Crippen molar-refractivity contribution in [1.82, 2.24) is 14.8 Å². The van der Waals surface area contributed by atoms with Crippen LogP contribution in [0, 0.1) is 5.92 Å². The lowest BCUT2D eigenvalue weighted by atomic mass is 10.0. The van der Waals surface area contributed by atoms with Gasteiger partial charge in [0.25, 0.3) is 11.5 Å². The number of aromatic nitrogens is 1. The van der Waals surface area contributed by atoms with E-state index in [9.17, 15) is 14.4 Å². The molecule has 1 amide bonds. The number of rotatable bonds is 11. The molecule has 2 heterocycles. The second-order valence-electron chi connectivity index (χ2n) is 10.5. The minimum Gasteiger partial charge on any atom is -0.494 e. The van der Waals surface area contributed by atoms with Gasteiger partial charge in [0.2, 0.25) is 5.91 Å². The van der Waals surface area contributed by atoms with Crippen LogP contribution in [-0.4, -0.2) is 73.2 Å². The third kappa shape index (κ3) is 7.60. The van der Waals surface area contributed by atoms with Gasteiger partial charge in [-0.3, -0.25) is 19.3 Å². The van der Waals surface area contributed by atoms with Crippen LogP contribution >= 0.6 is 23.2 Å². The Kier molecular flexibility index (Phi) is 10.7. The minimum atomic E-state index is -0.886. The van der Waals surface area contributed by atoms with Crippen LogP contribution < -0.4 is 26.2 Å². The van der Waals surface area contributed by atoms with E-state index in [1.54, 1.807) is 32.0 Å². The van der Waals surface area contributed by atoms with Gasteiger partial charge in [0.05, 0.1) is 34.4 Å². The standard InChI is InChI=1S/C30H37Cl2N5O4/c1-20(2)29(34-26(38)19-33)30(40)37-25-18-22(10-8-21(25)9-11-27(37)39)41-17-4-3-12-35-13-15-36(16-14-35)24-7-5-6-23(31)28(24)32/h5-11,18,20,29H,3-4,12-17,19,33H2,1-2H3,(H,34,38). The number of pyridine rings is 1.